The molecule has 0 unspecified atom stereocenters. The zero-order valence-corrected chi connectivity index (χ0v) is 43.4. The van der Waals surface area contributed by atoms with Crippen molar-refractivity contribution in [3.05, 3.63) is 106 Å². The molecule has 2 saturated heterocycles. The number of piperazine rings is 2. The Labute approximate surface area is 422 Å². The summed E-state index contributed by atoms with van der Waals surface area (Å²) < 4.78 is 74.6. The first-order valence-corrected chi connectivity index (χ1v) is 25.6. The summed E-state index contributed by atoms with van der Waals surface area (Å²) in [5.41, 5.74) is 8.59. The quantitative estimate of drug-likeness (QED) is 0.104. The molecule has 4 aromatic carbocycles. The molecule has 0 radical (unpaired) electrons. The van der Waals surface area contributed by atoms with Crippen molar-refractivity contribution in [3.8, 4) is 29.1 Å². The van der Waals surface area contributed by atoms with Crippen LogP contribution >= 0.6 is 12.4 Å². The number of hydrogen-bond donors (Lipinski definition) is 4. The molecule has 0 aromatic heterocycles. The van der Waals surface area contributed by atoms with Crippen LogP contribution in [0.3, 0.4) is 0 Å². The Morgan fingerprint density at radius 3 is 1.49 bits per heavy atom. The van der Waals surface area contributed by atoms with E-state index in [1.54, 1.807) is 32.9 Å². The first-order chi connectivity index (χ1) is 33.0. The number of hydrogen-bond acceptors (Lipinski definition) is 13. The Balaban J connectivity index is 0.000000308. The van der Waals surface area contributed by atoms with E-state index >= 15 is 0 Å². The molecule has 2 aliphatic rings. The molecule has 0 atom stereocenters. The van der Waals surface area contributed by atoms with Crippen molar-refractivity contribution in [3.63, 3.8) is 0 Å². The van der Waals surface area contributed by atoms with Gasteiger partial charge >= 0.3 is 6.09 Å². The number of halogens is 1. The lowest BCUT2D eigenvalue weighted by Gasteiger charge is -2.35. The third-order valence-corrected chi connectivity index (χ3v) is 14.5. The third-order valence-electron chi connectivity index (χ3n) is 10.6. The highest BCUT2D eigenvalue weighted by atomic mass is 35.5. The highest BCUT2D eigenvalue weighted by Gasteiger charge is 2.35. The van der Waals surface area contributed by atoms with Gasteiger partial charge in [-0.25, -0.2) is 21.6 Å². The van der Waals surface area contributed by atoms with Crippen LogP contribution in [0.15, 0.2) is 82.6 Å². The first kappa shape index (κ1) is 57.3. The van der Waals surface area contributed by atoms with Gasteiger partial charge in [0.05, 0.1) is 12.5 Å². The molecule has 0 aliphatic carbocycles. The molecule has 6 rings (SSSR count). The van der Waals surface area contributed by atoms with Crippen LogP contribution in [-0.2, 0) is 29.6 Å². The molecule has 2 heterocycles. The highest BCUT2D eigenvalue weighted by molar-refractivity contribution is 7.89. The topological polar surface area (TPSA) is 260 Å². The van der Waals surface area contributed by atoms with E-state index in [2.05, 4.69) is 16.0 Å². The summed E-state index contributed by atoms with van der Waals surface area (Å²) in [6.45, 7) is 15.4. The predicted octanol–water partition coefficient (Wildman–Crippen LogP) is 5.70. The summed E-state index contributed by atoms with van der Waals surface area (Å²) in [6.07, 6.45) is -0.373. The second kappa shape index (κ2) is 25.2. The third kappa shape index (κ3) is 16.4. The zero-order chi connectivity index (χ0) is 51.4. The molecule has 71 heavy (non-hydrogen) atoms. The molecule has 0 spiro atoms. The van der Waals surface area contributed by atoms with Crippen LogP contribution in [0.25, 0.3) is 0 Å². The van der Waals surface area contributed by atoms with E-state index in [4.69, 9.17) is 25.2 Å². The second-order valence-electron chi connectivity index (χ2n) is 17.8. The molecule has 4 aromatic rings. The Kier molecular flexibility index (Phi) is 20.3. The Bertz CT molecular complexity index is 2800. The van der Waals surface area contributed by atoms with Crippen molar-refractivity contribution in [2.24, 2.45) is 5.73 Å². The summed E-state index contributed by atoms with van der Waals surface area (Å²) in [5, 5.41) is 17.0. The van der Waals surface area contributed by atoms with E-state index < -0.39 is 49.5 Å². The molecule has 5 N–H and O–H groups in total. The van der Waals surface area contributed by atoms with Gasteiger partial charge in [-0.05, 0) is 131 Å². The fourth-order valence-electron chi connectivity index (χ4n) is 7.44. The van der Waals surface area contributed by atoms with Gasteiger partial charge in [0.25, 0.3) is 11.8 Å². The summed E-state index contributed by atoms with van der Waals surface area (Å²) in [4.78, 5) is 49.7. The monoisotopic (exact) mass is 1040 g/mol. The van der Waals surface area contributed by atoms with Crippen molar-refractivity contribution in [1.82, 2.24) is 29.5 Å². The molecule has 2 aliphatic heterocycles. The molecule has 19 nitrogen and oxygen atoms in total. The van der Waals surface area contributed by atoms with E-state index in [9.17, 15) is 36.0 Å². The van der Waals surface area contributed by atoms with Crippen LogP contribution in [0.4, 0.5) is 4.79 Å². The van der Waals surface area contributed by atoms with Crippen LogP contribution in [0.1, 0.15) is 76.6 Å². The molecule has 22 heteroatoms. The molecule has 4 amide bonds. The lowest BCUT2D eigenvalue weighted by molar-refractivity contribution is -0.117. The van der Waals surface area contributed by atoms with Gasteiger partial charge in [-0.2, -0.15) is 13.9 Å². The minimum Gasteiger partial charge on any atom is -0.456 e. The minimum atomic E-state index is -4.10. The predicted molar refractivity (Wildman–Crippen MR) is 269 cm³/mol. The zero-order valence-electron chi connectivity index (χ0n) is 41.0. The lowest BCUT2D eigenvalue weighted by atomic mass is 10.1. The number of sulfonamides is 2. The fraction of sp³-hybridized carbons (Fsp3) is 0.408. The van der Waals surface area contributed by atoms with Crippen LogP contribution in [-0.4, -0.2) is 125 Å². The minimum absolute atomic E-state index is 0. The number of nitriles is 1. The van der Waals surface area contributed by atoms with Gasteiger partial charge in [0.15, 0.2) is 0 Å². The van der Waals surface area contributed by atoms with Gasteiger partial charge in [-0.3, -0.25) is 14.4 Å². The SMILES string of the molecule is Cc1cc(C)cc(Oc2ccc(C(=O)NCCC#N)cc2S(=O)(=O)N2CCN(C(=O)OC(C)(C)C)CC2)c1.Cc1cc(C)cc(Oc2ccc(C(=O)NCCC(N)=O)cc2S(=O)(=O)N2CCNCC2)c1.Cl. The van der Waals surface area contributed by atoms with Crippen LogP contribution in [0.2, 0.25) is 0 Å². The number of nitrogens with zero attached hydrogens (tertiary/aromatic N) is 4. The maximum Gasteiger partial charge on any atom is 0.410 e. The van der Waals surface area contributed by atoms with Gasteiger partial charge in [0.1, 0.15) is 38.4 Å². The maximum absolute atomic E-state index is 13.8. The standard InChI is InChI=1S/C27H34N4O6S.C22H28N4O5S.ClH/c1-19-15-20(2)17-22(16-19)36-23-8-7-21(25(32)29-10-6-9-28)18-24(23)38(34,35)31-13-11-30(12-14-31)26(33)37-27(3,4)5;1-15-11-16(2)13-18(12-15)31-19-4-3-17(22(28)25-6-5-21(23)27)14-20(19)32(29,30)26-9-7-24-8-10-26;/h7-8,15-18H,6,10-14H2,1-5H3,(H,29,32);3-4,11-14,24H,5-10H2,1-2H3,(H2,23,27)(H,25,28);1H. The number of primary amides is 1. The van der Waals surface area contributed by atoms with E-state index in [0.29, 0.717) is 37.7 Å². The van der Waals surface area contributed by atoms with Gasteiger partial charge in [0.2, 0.25) is 26.0 Å². The average Bonchev–Trinajstić information content (AvgIpc) is 3.28. The molecule has 384 valence electrons. The smallest absolute Gasteiger partial charge is 0.410 e. The number of benzene rings is 4. The van der Waals surface area contributed by atoms with Gasteiger partial charge < -0.3 is 40.8 Å². The van der Waals surface area contributed by atoms with Crippen LogP contribution in [0.5, 0.6) is 23.0 Å². The molecular formula is C49H63ClN8O11S2. The largest absolute Gasteiger partial charge is 0.456 e. The van der Waals surface area contributed by atoms with E-state index in [1.807, 2.05) is 58.0 Å². The first-order valence-electron chi connectivity index (χ1n) is 22.7. The summed E-state index contributed by atoms with van der Waals surface area (Å²) >= 11 is 0. The van der Waals surface area contributed by atoms with E-state index in [1.165, 1.54) is 49.9 Å². The van der Waals surface area contributed by atoms with Crippen molar-refractivity contribution in [1.29, 1.82) is 5.26 Å². The summed E-state index contributed by atoms with van der Waals surface area (Å²) in [5.74, 6) is -0.326. The molecule has 0 saturated carbocycles. The average molecular weight is 1040 g/mol. The van der Waals surface area contributed by atoms with E-state index in [-0.39, 0.29) is 96.9 Å². The molecule has 2 fully saturated rings. The Morgan fingerprint density at radius 2 is 1.08 bits per heavy atom. The number of amides is 4. The maximum atomic E-state index is 13.8. The number of nitrogens with one attached hydrogen (secondary N) is 3. The van der Waals surface area contributed by atoms with Crippen LogP contribution in [0, 0.1) is 39.0 Å². The normalized spacial score (nSPS) is 14.4. The summed E-state index contributed by atoms with van der Waals surface area (Å²) in [7, 11) is -8.01. The highest BCUT2D eigenvalue weighted by Crippen LogP contribution is 2.35. The number of nitrogens with two attached hydrogens (primary N) is 1. The van der Waals surface area contributed by atoms with Crippen molar-refractivity contribution >= 4 is 56.3 Å². The van der Waals surface area contributed by atoms with Crippen LogP contribution < -0.4 is 31.2 Å². The van der Waals surface area contributed by atoms with Gasteiger partial charge in [-0.15, -0.1) is 12.4 Å². The van der Waals surface area contributed by atoms with Crippen molar-refractivity contribution < 1.29 is 50.2 Å². The number of carbonyl (C=O) groups excluding carboxylic acids is 4. The van der Waals surface area contributed by atoms with E-state index in [0.717, 1.165) is 22.3 Å². The Morgan fingerprint density at radius 1 is 0.662 bits per heavy atom. The Hall–Kier alpha value is -6.28. The molecular weight excluding hydrogens is 976 g/mol. The fourth-order valence-corrected chi connectivity index (χ4v) is 10.6. The van der Waals surface area contributed by atoms with Gasteiger partial charge in [-0.1, -0.05) is 12.1 Å². The lowest BCUT2D eigenvalue weighted by Crippen LogP contribution is -2.51. The number of carbonyl (C=O) groups is 4. The number of aryl methyl sites for hydroxylation is 4. The summed E-state index contributed by atoms with van der Waals surface area (Å²) in [6, 6.07) is 21.7. The second-order valence-corrected chi connectivity index (χ2v) is 21.6. The van der Waals surface area contributed by atoms with Crippen molar-refractivity contribution in [2.75, 3.05) is 65.4 Å². The molecule has 0 bridgehead atoms. The van der Waals surface area contributed by atoms with Crippen molar-refractivity contribution in [2.45, 2.75) is 76.7 Å². The number of ether oxygens (including phenoxy) is 3. The van der Waals surface area contributed by atoms with Gasteiger partial charge in [0, 0.05) is 83.0 Å². The number of rotatable bonds is 15.